The molecule has 2 aromatic heterocycles. The van der Waals surface area contributed by atoms with Gasteiger partial charge in [0.1, 0.15) is 18.2 Å². The number of benzene rings is 1. The lowest BCUT2D eigenvalue weighted by Crippen LogP contribution is -2.16. The van der Waals surface area contributed by atoms with Gasteiger partial charge in [-0.2, -0.15) is 15.0 Å². The normalized spacial score (nSPS) is 12.0. The van der Waals surface area contributed by atoms with Crippen molar-refractivity contribution in [3.63, 3.8) is 0 Å². The molecule has 2 heterocycles. The van der Waals surface area contributed by atoms with E-state index >= 15 is 0 Å². The molecule has 3 aromatic rings. The van der Waals surface area contributed by atoms with Gasteiger partial charge in [-0.25, -0.2) is 0 Å². The minimum Gasteiger partial charge on any atom is -0.486 e. The zero-order valence-corrected chi connectivity index (χ0v) is 17.6. The molecule has 0 amide bonds. The number of anilines is 2. The predicted molar refractivity (Wildman–Crippen MR) is 110 cm³/mol. The summed E-state index contributed by atoms with van der Waals surface area (Å²) in [5.74, 6) is 2.71. The van der Waals surface area contributed by atoms with Crippen LogP contribution in [0, 0.1) is 0 Å². The second-order valence-corrected chi connectivity index (χ2v) is 7.95. The molecule has 0 unspecified atom stereocenters. The van der Waals surface area contributed by atoms with Crippen molar-refractivity contribution >= 4 is 35.3 Å². The number of aromatic nitrogens is 6. The van der Waals surface area contributed by atoms with E-state index in [-0.39, 0.29) is 11.2 Å². The molecular weight excluding hydrogens is 400 g/mol. The first-order valence-electron chi connectivity index (χ1n) is 8.45. The SMILES string of the molecule is C[C@H](Sc1nnc(COc2ccc(Cl)cc2)n1C)c1nc(N)nc(N(C)C)n1. The van der Waals surface area contributed by atoms with Gasteiger partial charge in [-0.15, -0.1) is 10.2 Å². The van der Waals surface area contributed by atoms with E-state index in [1.165, 1.54) is 11.8 Å². The first-order valence-corrected chi connectivity index (χ1v) is 9.71. The van der Waals surface area contributed by atoms with Crippen molar-refractivity contribution in [2.75, 3.05) is 24.7 Å². The highest BCUT2D eigenvalue weighted by molar-refractivity contribution is 7.99. The van der Waals surface area contributed by atoms with Gasteiger partial charge in [-0.1, -0.05) is 23.4 Å². The molecule has 0 radical (unpaired) electrons. The molecule has 148 valence electrons. The molecule has 28 heavy (non-hydrogen) atoms. The molecule has 2 N–H and O–H groups in total. The highest BCUT2D eigenvalue weighted by Gasteiger charge is 2.18. The Bertz CT molecular complexity index is 947. The number of hydrogen-bond donors (Lipinski definition) is 1. The lowest BCUT2D eigenvalue weighted by atomic mass is 10.3. The van der Waals surface area contributed by atoms with Crippen LogP contribution in [0.15, 0.2) is 29.4 Å². The predicted octanol–water partition coefficient (Wildman–Crippen LogP) is 2.73. The topological polar surface area (TPSA) is 108 Å². The molecule has 0 spiro atoms. The van der Waals surface area contributed by atoms with Gasteiger partial charge in [-0.05, 0) is 31.2 Å². The Morgan fingerprint density at radius 3 is 2.57 bits per heavy atom. The van der Waals surface area contributed by atoms with Crippen molar-refractivity contribution in [2.45, 2.75) is 23.9 Å². The molecule has 9 nitrogen and oxygen atoms in total. The van der Waals surface area contributed by atoms with Crippen molar-refractivity contribution < 1.29 is 4.74 Å². The first kappa shape index (κ1) is 20.2. The van der Waals surface area contributed by atoms with Gasteiger partial charge in [0.2, 0.25) is 11.9 Å². The van der Waals surface area contributed by atoms with Gasteiger partial charge in [0.15, 0.2) is 11.0 Å². The Hall–Kier alpha value is -2.59. The fraction of sp³-hybridized carbons (Fsp3) is 0.353. The van der Waals surface area contributed by atoms with Crippen LogP contribution in [-0.4, -0.2) is 43.8 Å². The fourth-order valence-electron chi connectivity index (χ4n) is 2.24. The van der Waals surface area contributed by atoms with Crippen LogP contribution in [-0.2, 0) is 13.7 Å². The molecule has 11 heteroatoms. The summed E-state index contributed by atoms with van der Waals surface area (Å²) in [6.45, 7) is 2.28. The van der Waals surface area contributed by atoms with Crippen LogP contribution in [0.25, 0.3) is 0 Å². The number of hydrogen-bond acceptors (Lipinski definition) is 9. The van der Waals surface area contributed by atoms with Crippen LogP contribution >= 0.6 is 23.4 Å². The van der Waals surface area contributed by atoms with E-state index in [0.29, 0.717) is 35.0 Å². The van der Waals surface area contributed by atoms with E-state index in [1.807, 2.05) is 44.8 Å². The van der Waals surface area contributed by atoms with E-state index < -0.39 is 0 Å². The number of nitrogens with two attached hydrogens (primary N) is 1. The van der Waals surface area contributed by atoms with Crippen LogP contribution in [0.4, 0.5) is 11.9 Å². The summed E-state index contributed by atoms with van der Waals surface area (Å²) in [5, 5.41) is 9.77. The summed E-state index contributed by atoms with van der Waals surface area (Å²) in [7, 11) is 5.60. The molecule has 0 saturated heterocycles. The van der Waals surface area contributed by atoms with Crippen LogP contribution in [0.3, 0.4) is 0 Å². The monoisotopic (exact) mass is 420 g/mol. The molecule has 1 atom stereocenters. The molecule has 0 fully saturated rings. The number of nitrogens with zero attached hydrogens (tertiary/aromatic N) is 7. The first-order chi connectivity index (χ1) is 13.3. The van der Waals surface area contributed by atoms with E-state index in [0.717, 1.165) is 5.16 Å². The standard InChI is InChI=1S/C17H21ClN8OS/c1-10(14-20-15(19)22-16(21-14)25(2)3)28-17-24-23-13(26(17)4)9-27-12-7-5-11(18)6-8-12/h5-8,10H,9H2,1-4H3,(H2,19,20,21,22)/t10-/m0/s1. The molecule has 0 aliphatic heterocycles. The highest BCUT2D eigenvalue weighted by Crippen LogP contribution is 2.32. The number of halogens is 1. The lowest BCUT2D eigenvalue weighted by Gasteiger charge is -2.14. The fourth-order valence-corrected chi connectivity index (χ4v) is 3.25. The molecular formula is C17H21ClN8OS. The third-order valence-electron chi connectivity index (χ3n) is 3.81. The van der Waals surface area contributed by atoms with E-state index in [1.54, 1.807) is 17.0 Å². The molecule has 1 aromatic carbocycles. The van der Waals surface area contributed by atoms with Gasteiger partial charge < -0.3 is 19.9 Å². The number of thioether (sulfide) groups is 1. The zero-order chi connectivity index (χ0) is 20.3. The average Bonchev–Trinajstić information content (AvgIpc) is 3.00. The lowest BCUT2D eigenvalue weighted by molar-refractivity contribution is 0.290. The molecule has 0 aliphatic carbocycles. The maximum atomic E-state index is 5.88. The summed E-state index contributed by atoms with van der Waals surface area (Å²) in [6.07, 6.45) is 0. The minimum atomic E-state index is -0.0862. The zero-order valence-electron chi connectivity index (χ0n) is 16.0. The Morgan fingerprint density at radius 2 is 1.89 bits per heavy atom. The maximum Gasteiger partial charge on any atom is 0.229 e. The van der Waals surface area contributed by atoms with E-state index in [4.69, 9.17) is 22.1 Å². The van der Waals surface area contributed by atoms with Crippen molar-refractivity contribution in [2.24, 2.45) is 7.05 Å². The van der Waals surface area contributed by atoms with Gasteiger partial charge in [0.25, 0.3) is 0 Å². The Balaban J connectivity index is 1.69. The van der Waals surface area contributed by atoms with Crippen molar-refractivity contribution in [3.8, 4) is 5.75 Å². The van der Waals surface area contributed by atoms with Gasteiger partial charge in [-0.3, -0.25) is 0 Å². The molecule has 0 saturated carbocycles. The second kappa shape index (κ2) is 8.61. The Labute approximate surface area is 172 Å². The second-order valence-electron chi connectivity index (χ2n) is 6.21. The number of nitrogen functional groups attached to an aromatic ring is 1. The minimum absolute atomic E-state index is 0.0862. The smallest absolute Gasteiger partial charge is 0.229 e. The van der Waals surface area contributed by atoms with Crippen molar-refractivity contribution in [1.82, 2.24) is 29.7 Å². The van der Waals surface area contributed by atoms with Crippen LogP contribution in [0.5, 0.6) is 5.75 Å². The largest absolute Gasteiger partial charge is 0.486 e. The Kier molecular flexibility index (Phi) is 6.20. The third kappa shape index (κ3) is 4.82. The van der Waals surface area contributed by atoms with Crippen LogP contribution < -0.4 is 15.4 Å². The maximum absolute atomic E-state index is 5.88. The summed E-state index contributed by atoms with van der Waals surface area (Å²) in [4.78, 5) is 14.6. The van der Waals surface area contributed by atoms with Crippen LogP contribution in [0.2, 0.25) is 5.02 Å². The molecule has 0 bridgehead atoms. The highest BCUT2D eigenvalue weighted by atomic mass is 35.5. The molecule has 0 aliphatic rings. The van der Waals surface area contributed by atoms with Crippen molar-refractivity contribution in [1.29, 1.82) is 0 Å². The van der Waals surface area contributed by atoms with Gasteiger partial charge in [0.05, 0.1) is 5.25 Å². The number of rotatable bonds is 7. The summed E-state index contributed by atoms with van der Waals surface area (Å²) < 4.78 is 7.63. The van der Waals surface area contributed by atoms with E-state index in [9.17, 15) is 0 Å². The summed E-state index contributed by atoms with van der Waals surface area (Å²) >= 11 is 7.37. The van der Waals surface area contributed by atoms with Gasteiger partial charge in [0, 0.05) is 26.2 Å². The third-order valence-corrected chi connectivity index (χ3v) is 5.19. The van der Waals surface area contributed by atoms with Gasteiger partial charge >= 0.3 is 0 Å². The summed E-state index contributed by atoms with van der Waals surface area (Å²) in [6, 6.07) is 7.17. The molecule has 3 rings (SSSR count). The number of ether oxygens (including phenoxy) is 1. The van der Waals surface area contributed by atoms with Crippen molar-refractivity contribution in [3.05, 3.63) is 40.9 Å². The summed E-state index contributed by atoms with van der Waals surface area (Å²) in [5.41, 5.74) is 5.81. The Morgan fingerprint density at radius 1 is 1.18 bits per heavy atom. The van der Waals surface area contributed by atoms with Crippen LogP contribution in [0.1, 0.15) is 23.8 Å². The average molecular weight is 421 g/mol. The van der Waals surface area contributed by atoms with E-state index in [2.05, 4.69) is 25.1 Å². The quantitative estimate of drug-likeness (QED) is 0.577.